The monoisotopic (exact) mass is 230 g/mol. The van der Waals surface area contributed by atoms with Crippen molar-refractivity contribution in [3.8, 4) is 0 Å². The minimum Gasteiger partial charge on any atom is -0.355 e. The average molecular weight is 230 g/mol. The van der Waals surface area contributed by atoms with Gasteiger partial charge in [0, 0.05) is 12.6 Å². The summed E-state index contributed by atoms with van der Waals surface area (Å²) >= 11 is 1.72. The maximum absolute atomic E-state index is 11.3. The van der Waals surface area contributed by atoms with Gasteiger partial charge in [-0.15, -0.1) is 0 Å². The molecule has 15 heavy (non-hydrogen) atoms. The Balaban J connectivity index is 1.91. The van der Waals surface area contributed by atoms with Crippen molar-refractivity contribution in [1.29, 1.82) is 0 Å². The van der Waals surface area contributed by atoms with Gasteiger partial charge in [-0.1, -0.05) is 6.92 Å². The summed E-state index contributed by atoms with van der Waals surface area (Å²) in [6.45, 7) is 4.10. The molecule has 0 aromatic rings. The van der Waals surface area contributed by atoms with Crippen LogP contribution in [0.3, 0.4) is 0 Å². The molecular formula is C11H22N2OS. The average Bonchev–Trinajstić information content (AvgIpc) is 2.71. The van der Waals surface area contributed by atoms with E-state index in [4.69, 9.17) is 0 Å². The van der Waals surface area contributed by atoms with Crippen molar-refractivity contribution in [1.82, 2.24) is 10.6 Å². The van der Waals surface area contributed by atoms with Crippen LogP contribution in [-0.2, 0) is 4.79 Å². The zero-order chi connectivity index (χ0) is 10.9. The van der Waals surface area contributed by atoms with Crippen LogP contribution >= 0.6 is 11.8 Å². The Morgan fingerprint density at radius 1 is 1.60 bits per heavy atom. The standard InChI is InChI=1S/C11H22N2OS/c1-2-8-15-9-11(14)13-7-5-10-4-3-6-12-10/h10,12H,2-9H2,1H3,(H,13,14)/t10-/m1/s1. The molecule has 0 bridgehead atoms. The van der Waals surface area contributed by atoms with E-state index in [-0.39, 0.29) is 5.91 Å². The van der Waals surface area contributed by atoms with Gasteiger partial charge in [-0.05, 0) is 38.0 Å². The predicted octanol–water partition coefficient (Wildman–Crippen LogP) is 1.39. The number of nitrogens with one attached hydrogen (secondary N) is 2. The van der Waals surface area contributed by atoms with Crippen LogP contribution in [-0.4, -0.2) is 36.5 Å². The van der Waals surface area contributed by atoms with Gasteiger partial charge >= 0.3 is 0 Å². The molecule has 0 aromatic carbocycles. The number of carbonyl (C=O) groups excluding carboxylic acids is 1. The Bertz CT molecular complexity index is 181. The molecule has 1 amide bonds. The first-order chi connectivity index (χ1) is 7.33. The lowest BCUT2D eigenvalue weighted by Gasteiger charge is -2.10. The van der Waals surface area contributed by atoms with Crippen LogP contribution in [0.25, 0.3) is 0 Å². The SMILES string of the molecule is CCCSCC(=O)NCC[C@H]1CCCN1. The molecule has 2 N–H and O–H groups in total. The fourth-order valence-electron chi connectivity index (χ4n) is 1.75. The van der Waals surface area contributed by atoms with Crippen molar-refractivity contribution in [3.05, 3.63) is 0 Å². The van der Waals surface area contributed by atoms with Crippen molar-refractivity contribution in [2.75, 3.05) is 24.6 Å². The number of amides is 1. The van der Waals surface area contributed by atoms with E-state index in [1.807, 2.05) is 0 Å². The van der Waals surface area contributed by atoms with Crippen LogP contribution in [0.5, 0.6) is 0 Å². The molecular weight excluding hydrogens is 208 g/mol. The van der Waals surface area contributed by atoms with E-state index in [1.165, 1.54) is 12.8 Å². The largest absolute Gasteiger partial charge is 0.355 e. The van der Waals surface area contributed by atoms with Crippen molar-refractivity contribution in [3.63, 3.8) is 0 Å². The minimum atomic E-state index is 0.187. The highest BCUT2D eigenvalue weighted by molar-refractivity contribution is 7.99. The zero-order valence-corrected chi connectivity index (χ0v) is 10.4. The Morgan fingerprint density at radius 2 is 2.47 bits per heavy atom. The molecule has 4 heteroatoms. The quantitative estimate of drug-likeness (QED) is 0.649. The number of hydrogen-bond donors (Lipinski definition) is 2. The van der Waals surface area contributed by atoms with Crippen molar-refractivity contribution < 1.29 is 4.79 Å². The first-order valence-electron chi connectivity index (χ1n) is 5.90. The lowest BCUT2D eigenvalue weighted by Crippen LogP contribution is -2.31. The number of thioether (sulfide) groups is 1. The van der Waals surface area contributed by atoms with Crippen LogP contribution in [0.15, 0.2) is 0 Å². The van der Waals surface area contributed by atoms with Gasteiger partial charge in [-0.3, -0.25) is 4.79 Å². The molecule has 0 aromatic heterocycles. The minimum absolute atomic E-state index is 0.187. The van der Waals surface area contributed by atoms with E-state index in [2.05, 4.69) is 17.6 Å². The smallest absolute Gasteiger partial charge is 0.229 e. The number of rotatable bonds is 7. The van der Waals surface area contributed by atoms with Crippen LogP contribution in [0.2, 0.25) is 0 Å². The lowest BCUT2D eigenvalue weighted by atomic mass is 10.1. The van der Waals surface area contributed by atoms with Gasteiger partial charge < -0.3 is 10.6 Å². The Kier molecular flexibility index (Phi) is 6.85. The van der Waals surface area contributed by atoms with Gasteiger partial charge in [0.25, 0.3) is 0 Å². The van der Waals surface area contributed by atoms with Crippen LogP contribution < -0.4 is 10.6 Å². The molecule has 0 radical (unpaired) electrons. The maximum atomic E-state index is 11.3. The summed E-state index contributed by atoms with van der Waals surface area (Å²) < 4.78 is 0. The third-order valence-electron chi connectivity index (χ3n) is 2.56. The maximum Gasteiger partial charge on any atom is 0.229 e. The van der Waals surface area contributed by atoms with E-state index < -0.39 is 0 Å². The van der Waals surface area contributed by atoms with Crippen LogP contribution in [0.1, 0.15) is 32.6 Å². The Hall–Kier alpha value is -0.220. The number of carbonyl (C=O) groups is 1. The fourth-order valence-corrected chi connectivity index (χ4v) is 2.47. The lowest BCUT2D eigenvalue weighted by molar-refractivity contribution is -0.118. The van der Waals surface area contributed by atoms with Gasteiger partial charge in [-0.25, -0.2) is 0 Å². The highest BCUT2D eigenvalue weighted by atomic mass is 32.2. The molecule has 0 spiro atoms. The molecule has 1 heterocycles. The highest BCUT2D eigenvalue weighted by Gasteiger charge is 2.13. The van der Waals surface area contributed by atoms with Gasteiger partial charge in [0.15, 0.2) is 0 Å². The fraction of sp³-hybridized carbons (Fsp3) is 0.909. The first-order valence-corrected chi connectivity index (χ1v) is 7.06. The van der Waals surface area contributed by atoms with Gasteiger partial charge in [-0.2, -0.15) is 11.8 Å². The molecule has 88 valence electrons. The molecule has 1 saturated heterocycles. The summed E-state index contributed by atoms with van der Waals surface area (Å²) in [6, 6.07) is 0.633. The second-order valence-electron chi connectivity index (χ2n) is 3.98. The highest BCUT2D eigenvalue weighted by Crippen LogP contribution is 2.07. The molecule has 0 saturated carbocycles. The normalized spacial score (nSPS) is 20.5. The molecule has 0 aliphatic carbocycles. The van der Waals surface area contributed by atoms with E-state index in [0.29, 0.717) is 11.8 Å². The predicted molar refractivity (Wildman–Crippen MR) is 66.3 cm³/mol. The summed E-state index contributed by atoms with van der Waals surface area (Å²) in [5, 5.41) is 6.39. The van der Waals surface area contributed by atoms with Crippen LogP contribution in [0, 0.1) is 0 Å². The van der Waals surface area contributed by atoms with Crippen LogP contribution in [0.4, 0.5) is 0 Å². The summed E-state index contributed by atoms with van der Waals surface area (Å²) in [5.74, 6) is 1.88. The molecule has 1 aliphatic heterocycles. The van der Waals surface area contributed by atoms with E-state index in [9.17, 15) is 4.79 Å². The van der Waals surface area contributed by atoms with E-state index in [0.717, 1.165) is 31.7 Å². The zero-order valence-electron chi connectivity index (χ0n) is 9.55. The summed E-state index contributed by atoms with van der Waals surface area (Å²) in [6.07, 6.45) is 4.76. The summed E-state index contributed by atoms with van der Waals surface area (Å²) in [4.78, 5) is 11.3. The van der Waals surface area contributed by atoms with Gasteiger partial charge in [0.1, 0.15) is 0 Å². The van der Waals surface area contributed by atoms with Gasteiger partial charge in [0.2, 0.25) is 5.91 Å². The van der Waals surface area contributed by atoms with Crippen molar-refractivity contribution in [2.45, 2.75) is 38.6 Å². The third-order valence-corrected chi connectivity index (χ3v) is 3.72. The third kappa shape index (κ3) is 6.05. The Morgan fingerprint density at radius 3 is 3.13 bits per heavy atom. The molecule has 1 fully saturated rings. The molecule has 1 rings (SSSR count). The van der Waals surface area contributed by atoms with E-state index in [1.54, 1.807) is 11.8 Å². The number of hydrogen-bond acceptors (Lipinski definition) is 3. The molecule has 1 atom stereocenters. The molecule has 0 unspecified atom stereocenters. The van der Waals surface area contributed by atoms with E-state index >= 15 is 0 Å². The second kappa shape index (κ2) is 7.99. The first kappa shape index (κ1) is 12.8. The second-order valence-corrected chi connectivity index (χ2v) is 5.09. The van der Waals surface area contributed by atoms with Crippen molar-refractivity contribution >= 4 is 17.7 Å². The Labute approximate surface area is 96.8 Å². The van der Waals surface area contributed by atoms with Gasteiger partial charge in [0.05, 0.1) is 5.75 Å². The summed E-state index contributed by atoms with van der Waals surface area (Å²) in [7, 11) is 0. The molecule has 3 nitrogen and oxygen atoms in total. The topological polar surface area (TPSA) is 41.1 Å². The van der Waals surface area contributed by atoms with Crippen molar-refractivity contribution in [2.24, 2.45) is 0 Å². The summed E-state index contributed by atoms with van der Waals surface area (Å²) in [5.41, 5.74) is 0. The molecule has 1 aliphatic rings.